The zero-order chi connectivity index (χ0) is 13.6. The molecule has 0 bridgehead atoms. The van der Waals surface area contributed by atoms with Crippen LogP contribution in [0.2, 0.25) is 0 Å². The second-order valence-corrected chi connectivity index (χ2v) is 5.65. The summed E-state index contributed by atoms with van der Waals surface area (Å²) in [7, 11) is -3.53. The molecule has 0 saturated heterocycles. The molecular formula is C11H17N3O3S. The van der Waals surface area contributed by atoms with Crippen molar-refractivity contribution in [3.8, 4) is 0 Å². The maximum Gasteiger partial charge on any atom is 0.220 e. The molecule has 0 radical (unpaired) electrons. The van der Waals surface area contributed by atoms with E-state index in [9.17, 15) is 13.2 Å². The van der Waals surface area contributed by atoms with Gasteiger partial charge in [0.05, 0.1) is 5.75 Å². The molecule has 18 heavy (non-hydrogen) atoms. The Hall–Kier alpha value is -1.60. The molecular weight excluding hydrogens is 254 g/mol. The maximum absolute atomic E-state index is 11.4. The molecule has 0 aliphatic carbocycles. The molecule has 0 heterocycles. The fourth-order valence-corrected chi connectivity index (χ4v) is 1.82. The number of aryl methyl sites for hydroxylation is 1. The fourth-order valence-electron chi connectivity index (χ4n) is 1.43. The molecule has 0 atom stereocenters. The first kappa shape index (κ1) is 14.5. The molecule has 1 aromatic carbocycles. The number of nitrogens with two attached hydrogens (primary N) is 2. The van der Waals surface area contributed by atoms with Gasteiger partial charge in [0.15, 0.2) is 0 Å². The summed E-state index contributed by atoms with van der Waals surface area (Å²) in [6.45, 7) is 0.0297. The van der Waals surface area contributed by atoms with E-state index in [0.717, 1.165) is 5.56 Å². The Bertz CT molecular complexity index is 514. The lowest BCUT2D eigenvalue weighted by molar-refractivity contribution is -0.120. The molecule has 0 aromatic heterocycles. The number of hydrogen-bond acceptors (Lipinski definition) is 4. The van der Waals surface area contributed by atoms with Gasteiger partial charge in [-0.3, -0.25) is 4.79 Å². The average molecular weight is 271 g/mol. The van der Waals surface area contributed by atoms with Crippen molar-refractivity contribution in [2.24, 2.45) is 5.14 Å². The first-order valence-corrected chi connectivity index (χ1v) is 7.20. The lowest BCUT2D eigenvalue weighted by Crippen LogP contribution is -2.31. The second kappa shape index (κ2) is 6.36. The van der Waals surface area contributed by atoms with Crippen LogP contribution in [-0.2, 0) is 21.2 Å². The molecule has 0 saturated carbocycles. The van der Waals surface area contributed by atoms with Gasteiger partial charge in [-0.2, -0.15) is 0 Å². The number of benzene rings is 1. The van der Waals surface area contributed by atoms with Crippen molar-refractivity contribution in [3.63, 3.8) is 0 Å². The summed E-state index contributed by atoms with van der Waals surface area (Å²) >= 11 is 0. The fraction of sp³-hybridized carbons (Fsp3) is 0.364. The Morgan fingerprint density at radius 3 is 2.56 bits per heavy atom. The Balaban J connectivity index is 2.32. The highest BCUT2D eigenvalue weighted by atomic mass is 32.2. The van der Waals surface area contributed by atoms with Gasteiger partial charge in [-0.05, 0) is 18.1 Å². The van der Waals surface area contributed by atoms with Crippen LogP contribution in [-0.4, -0.2) is 26.6 Å². The van der Waals surface area contributed by atoms with Crippen molar-refractivity contribution in [1.82, 2.24) is 5.32 Å². The molecule has 6 nitrogen and oxygen atoms in total. The SMILES string of the molecule is Nc1ccccc1CCC(=O)NCCS(N)(=O)=O. The molecule has 1 amide bonds. The molecule has 7 heteroatoms. The lowest BCUT2D eigenvalue weighted by Gasteiger charge is -2.06. The third-order valence-electron chi connectivity index (χ3n) is 2.39. The smallest absolute Gasteiger partial charge is 0.220 e. The normalized spacial score (nSPS) is 11.2. The Morgan fingerprint density at radius 1 is 1.28 bits per heavy atom. The third kappa shape index (κ3) is 5.65. The summed E-state index contributed by atoms with van der Waals surface area (Å²) < 4.78 is 21.3. The highest BCUT2D eigenvalue weighted by Gasteiger charge is 2.06. The molecule has 0 fully saturated rings. The highest BCUT2D eigenvalue weighted by molar-refractivity contribution is 7.89. The van der Waals surface area contributed by atoms with E-state index in [4.69, 9.17) is 10.9 Å². The first-order valence-electron chi connectivity index (χ1n) is 5.49. The number of carbonyl (C=O) groups excluding carboxylic acids is 1. The van der Waals surface area contributed by atoms with E-state index in [-0.39, 0.29) is 24.6 Å². The topological polar surface area (TPSA) is 115 Å². The Kier molecular flexibility index (Phi) is 5.11. The first-order chi connectivity index (χ1) is 8.38. The van der Waals surface area contributed by atoms with Crippen LogP contribution < -0.4 is 16.2 Å². The van der Waals surface area contributed by atoms with Crippen LogP contribution in [0.5, 0.6) is 0 Å². The minimum atomic E-state index is -3.53. The van der Waals surface area contributed by atoms with E-state index in [1.807, 2.05) is 18.2 Å². The molecule has 1 aromatic rings. The zero-order valence-corrected chi connectivity index (χ0v) is 10.7. The molecule has 1 rings (SSSR count). The lowest BCUT2D eigenvalue weighted by atomic mass is 10.1. The highest BCUT2D eigenvalue weighted by Crippen LogP contribution is 2.12. The van der Waals surface area contributed by atoms with E-state index in [1.165, 1.54) is 0 Å². The molecule has 0 spiro atoms. The van der Waals surface area contributed by atoms with E-state index >= 15 is 0 Å². The summed E-state index contributed by atoms with van der Waals surface area (Å²) in [5.41, 5.74) is 7.29. The van der Waals surface area contributed by atoms with Crippen LogP contribution in [0.15, 0.2) is 24.3 Å². The van der Waals surface area contributed by atoms with Crippen molar-refractivity contribution in [3.05, 3.63) is 29.8 Å². The molecule has 0 unspecified atom stereocenters. The summed E-state index contributed by atoms with van der Waals surface area (Å²) in [6, 6.07) is 7.30. The van der Waals surface area contributed by atoms with Crippen LogP contribution in [0.3, 0.4) is 0 Å². The number of rotatable bonds is 6. The average Bonchev–Trinajstić information content (AvgIpc) is 2.26. The summed E-state index contributed by atoms with van der Waals surface area (Å²) in [6.07, 6.45) is 0.784. The number of carbonyl (C=O) groups is 1. The standard InChI is InChI=1S/C11H17N3O3S/c12-10-4-2-1-3-9(10)5-6-11(15)14-7-8-18(13,16)17/h1-4H,5-8,12H2,(H,14,15)(H2,13,16,17). The van der Waals surface area contributed by atoms with Crippen molar-refractivity contribution in [2.75, 3.05) is 18.0 Å². The number of amides is 1. The second-order valence-electron chi connectivity index (χ2n) is 3.92. The van der Waals surface area contributed by atoms with Crippen LogP contribution in [0.1, 0.15) is 12.0 Å². The van der Waals surface area contributed by atoms with Gasteiger partial charge in [-0.15, -0.1) is 0 Å². The zero-order valence-electron chi connectivity index (χ0n) is 9.93. The van der Waals surface area contributed by atoms with Gasteiger partial charge < -0.3 is 11.1 Å². The van der Waals surface area contributed by atoms with Gasteiger partial charge in [0.2, 0.25) is 15.9 Å². The quantitative estimate of drug-likeness (QED) is 0.611. The van der Waals surface area contributed by atoms with Gasteiger partial charge in [0, 0.05) is 18.7 Å². The molecule has 0 aliphatic rings. The Labute approximate surface area is 106 Å². The minimum absolute atomic E-state index is 0.0297. The maximum atomic E-state index is 11.4. The van der Waals surface area contributed by atoms with E-state index < -0.39 is 10.0 Å². The van der Waals surface area contributed by atoms with Gasteiger partial charge in [-0.25, -0.2) is 13.6 Å². The van der Waals surface area contributed by atoms with Crippen molar-refractivity contribution < 1.29 is 13.2 Å². The van der Waals surface area contributed by atoms with Crippen LogP contribution in [0.4, 0.5) is 5.69 Å². The monoisotopic (exact) mass is 271 g/mol. The number of sulfonamides is 1. The van der Waals surface area contributed by atoms with Gasteiger partial charge in [0.1, 0.15) is 0 Å². The van der Waals surface area contributed by atoms with Gasteiger partial charge >= 0.3 is 0 Å². The van der Waals surface area contributed by atoms with E-state index in [1.54, 1.807) is 6.07 Å². The molecule has 100 valence electrons. The van der Waals surface area contributed by atoms with Gasteiger partial charge in [-0.1, -0.05) is 18.2 Å². The number of primary sulfonamides is 1. The van der Waals surface area contributed by atoms with Crippen molar-refractivity contribution in [1.29, 1.82) is 0 Å². The number of para-hydroxylation sites is 1. The summed E-state index contributed by atoms with van der Waals surface area (Å²) in [4.78, 5) is 11.4. The summed E-state index contributed by atoms with van der Waals surface area (Å²) in [5, 5.41) is 7.30. The predicted molar refractivity (Wildman–Crippen MR) is 70.2 cm³/mol. The van der Waals surface area contributed by atoms with Crippen LogP contribution in [0, 0.1) is 0 Å². The number of nitrogens with one attached hydrogen (secondary N) is 1. The predicted octanol–water partition coefficient (Wildman–Crippen LogP) is -0.394. The third-order valence-corrected chi connectivity index (χ3v) is 3.16. The number of hydrogen-bond donors (Lipinski definition) is 3. The summed E-state index contributed by atoms with van der Waals surface area (Å²) in [5.74, 6) is -0.478. The largest absolute Gasteiger partial charge is 0.399 e. The van der Waals surface area contributed by atoms with Gasteiger partial charge in [0.25, 0.3) is 0 Å². The molecule has 0 aliphatic heterocycles. The van der Waals surface area contributed by atoms with Crippen molar-refractivity contribution in [2.45, 2.75) is 12.8 Å². The van der Waals surface area contributed by atoms with Crippen LogP contribution in [0.25, 0.3) is 0 Å². The number of anilines is 1. The van der Waals surface area contributed by atoms with Crippen LogP contribution >= 0.6 is 0 Å². The van der Waals surface area contributed by atoms with E-state index in [2.05, 4.69) is 5.32 Å². The van der Waals surface area contributed by atoms with E-state index in [0.29, 0.717) is 12.1 Å². The minimum Gasteiger partial charge on any atom is -0.399 e. The van der Waals surface area contributed by atoms with Crippen molar-refractivity contribution >= 4 is 21.6 Å². The Morgan fingerprint density at radius 2 is 1.94 bits per heavy atom. The number of nitrogen functional groups attached to an aromatic ring is 1. The molecule has 5 N–H and O–H groups in total.